The minimum atomic E-state index is 0.319. The Bertz CT molecular complexity index is 1380. The van der Waals surface area contributed by atoms with Gasteiger partial charge in [0, 0.05) is 35.5 Å². The van der Waals surface area contributed by atoms with E-state index in [0.29, 0.717) is 60.3 Å². The zero-order chi connectivity index (χ0) is 25.6. The number of nitrogens with zero attached hydrogens (tertiary/aromatic N) is 3. The summed E-state index contributed by atoms with van der Waals surface area (Å²) in [6.45, 7) is 3.11. The molecule has 0 radical (unpaired) electrons. The molecule has 0 amide bonds. The first kappa shape index (κ1) is 24.9. The van der Waals surface area contributed by atoms with Crippen LogP contribution in [0.25, 0.3) is 10.9 Å². The summed E-state index contributed by atoms with van der Waals surface area (Å²) in [5.41, 5.74) is 1.75. The average Bonchev–Trinajstić information content (AvgIpc) is 2.93. The summed E-state index contributed by atoms with van der Waals surface area (Å²) >= 11 is 6.12. The van der Waals surface area contributed by atoms with Crippen molar-refractivity contribution < 1.29 is 23.7 Å². The van der Waals surface area contributed by atoms with Crippen LogP contribution in [-0.4, -0.2) is 57.1 Å². The maximum atomic E-state index is 6.12. The van der Waals surface area contributed by atoms with Crippen LogP contribution in [0.5, 0.6) is 29.0 Å². The van der Waals surface area contributed by atoms with Crippen molar-refractivity contribution in [3.63, 3.8) is 0 Å². The summed E-state index contributed by atoms with van der Waals surface area (Å²) in [4.78, 5) is 11.7. The van der Waals surface area contributed by atoms with Gasteiger partial charge in [-0.05, 0) is 42.5 Å². The third kappa shape index (κ3) is 5.81. The fraction of sp³-hybridized carbons (Fsp3) is 0.286. The van der Waals surface area contributed by atoms with Crippen molar-refractivity contribution in [2.45, 2.75) is 6.42 Å². The first-order chi connectivity index (χ1) is 18.1. The van der Waals surface area contributed by atoms with Gasteiger partial charge in [0.25, 0.3) is 0 Å². The van der Waals surface area contributed by atoms with Gasteiger partial charge in [-0.2, -0.15) is 9.97 Å². The number of benzene rings is 3. The Morgan fingerprint density at radius 3 is 2.51 bits per heavy atom. The number of para-hydroxylation sites is 1. The average molecular weight is 522 g/mol. The molecule has 9 heteroatoms. The molecule has 0 saturated carbocycles. The van der Waals surface area contributed by atoms with Gasteiger partial charge in [0.2, 0.25) is 0 Å². The number of anilines is 1. The molecule has 0 aliphatic carbocycles. The van der Waals surface area contributed by atoms with Gasteiger partial charge in [-0.25, -0.2) is 0 Å². The second kappa shape index (κ2) is 11.5. The van der Waals surface area contributed by atoms with Crippen LogP contribution < -0.4 is 23.8 Å². The van der Waals surface area contributed by atoms with Gasteiger partial charge in [-0.3, -0.25) is 0 Å². The number of aromatic nitrogens is 2. The predicted molar refractivity (Wildman–Crippen MR) is 143 cm³/mol. The van der Waals surface area contributed by atoms with E-state index in [1.807, 2.05) is 54.6 Å². The molecule has 1 saturated heterocycles. The lowest BCUT2D eigenvalue weighted by Gasteiger charge is -2.29. The Labute approximate surface area is 220 Å². The summed E-state index contributed by atoms with van der Waals surface area (Å²) in [5, 5.41) is 1.49. The number of rotatable bonds is 9. The molecule has 1 aliphatic heterocycles. The molecule has 192 valence electrons. The molecule has 4 aromatic rings. The molecule has 1 aliphatic rings. The van der Waals surface area contributed by atoms with Crippen LogP contribution in [0, 0.1) is 0 Å². The lowest BCUT2D eigenvalue weighted by Crippen LogP contribution is -2.37. The molecule has 2 heterocycles. The van der Waals surface area contributed by atoms with Gasteiger partial charge in [0.05, 0.1) is 39.6 Å². The lowest BCUT2D eigenvalue weighted by atomic mass is 10.1. The van der Waals surface area contributed by atoms with Crippen molar-refractivity contribution in [3.05, 3.63) is 71.2 Å². The second-order valence-electron chi connectivity index (χ2n) is 8.42. The van der Waals surface area contributed by atoms with Crippen molar-refractivity contribution in [3.8, 4) is 29.0 Å². The Balaban J connectivity index is 1.41. The van der Waals surface area contributed by atoms with Gasteiger partial charge in [-0.15, -0.1) is 0 Å². The predicted octanol–water partition coefficient (Wildman–Crippen LogP) is 5.55. The van der Waals surface area contributed by atoms with Gasteiger partial charge < -0.3 is 28.6 Å². The van der Waals surface area contributed by atoms with E-state index in [1.54, 1.807) is 20.3 Å². The summed E-state index contributed by atoms with van der Waals surface area (Å²) in [7, 11) is 3.26. The number of ether oxygens (including phenoxy) is 5. The quantitative estimate of drug-likeness (QED) is 0.284. The zero-order valence-corrected chi connectivity index (χ0v) is 21.5. The van der Waals surface area contributed by atoms with Crippen LogP contribution in [0.1, 0.15) is 5.56 Å². The Morgan fingerprint density at radius 1 is 0.919 bits per heavy atom. The van der Waals surface area contributed by atoms with Crippen molar-refractivity contribution in [1.82, 2.24) is 9.97 Å². The van der Waals surface area contributed by atoms with Gasteiger partial charge in [0.1, 0.15) is 17.3 Å². The van der Waals surface area contributed by atoms with E-state index in [0.717, 1.165) is 35.4 Å². The molecule has 0 atom stereocenters. The van der Waals surface area contributed by atoms with Gasteiger partial charge in [0.15, 0.2) is 11.5 Å². The van der Waals surface area contributed by atoms with Crippen molar-refractivity contribution in [2.75, 3.05) is 52.0 Å². The van der Waals surface area contributed by atoms with E-state index in [9.17, 15) is 0 Å². The lowest BCUT2D eigenvalue weighted by molar-refractivity contribution is 0.122. The monoisotopic (exact) mass is 521 g/mol. The molecule has 0 N–H and O–H groups in total. The second-order valence-corrected chi connectivity index (χ2v) is 8.86. The Kier molecular flexibility index (Phi) is 7.77. The molecule has 0 spiro atoms. The van der Waals surface area contributed by atoms with E-state index in [1.165, 1.54) is 0 Å². The highest BCUT2D eigenvalue weighted by Gasteiger charge is 2.19. The minimum absolute atomic E-state index is 0.319. The van der Waals surface area contributed by atoms with Crippen LogP contribution in [0.2, 0.25) is 5.02 Å². The first-order valence-electron chi connectivity index (χ1n) is 12.0. The molecule has 3 aromatic carbocycles. The molecule has 1 aromatic heterocycles. The number of methoxy groups -OCH3 is 2. The van der Waals surface area contributed by atoms with Gasteiger partial charge >= 0.3 is 6.01 Å². The van der Waals surface area contributed by atoms with Crippen LogP contribution in [0.4, 0.5) is 5.82 Å². The molecule has 37 heavy (non-hydrogen) atoms. The fourth-order valence-corrected chi connectivity index (χ4v) is 4.46. The van der Waals surface area contributed by atoms with E-state index in [4.69, 9.17) is 40.3 Å². The zero-order valence-electron chi connectivity index (χ0n) is 20.8. The molecular weight excluding hydrogens is 494 g/mol. The third-order valence-electron chi connectivity index (χ3n) is 6.06. The highest BCUT2D eigenvalue weighted by Crippen LogP contribution is 2.33. The topological polar surface area (TPSA) is 75.2 Å². The summed E-state index contributed by atoms with van der Waals surface area (Å²) in [6, 6.07) is 19.2. The largest absolute Gasteiger partial charge is 0.493 e. The third-order valence-corrected chi connectivity index (χ3v) is 6.29. The minimum Gasteiger partial charge on any atom is -0.493 e. The Morgan fingerprint density at radius 2 is 1.73 bits per heavy atom. The van der Waals surface area contributed by atoms with E-state index in [2.05, 4.69) is 9.88 Å². The Hall–Kier alpha value is -3.75. The van der Waals surface area contributed by atoms with Crippen LogP contribution in [0.15, 0.2) is 60.7 Å². The summed E-state index contributed by atoms with van der Waals surface area (Å²) < 4.78 is 28.6. The summed E-state index contributed by atoms with van der Waals surface area (Å²) in [5.74, 6) is 3.51. The van der Waals surface area contributed by atoms with E-state index >= 15 is 0 Å². The van der Waals surface area contributed by atoms with Crippen molar-refractivity contribution in [1.29, 1.82) is 0 Å². The normalized spacial score (nSPS) is 13.4. The maximum absolute atomic E-state index is 6.12. The maximum Gasteiger partial charge on any atom is 0.318 e. The van der Waals surface area contributed by atoms with E-state index < -0.39 is 0 Å². The molecule has 5 rings (SSSR count). The number of halogens is 1. The van der Waals surface area contributed by atoms with Crippen molar-refractivity contribution >= 4 is 28.3 Å². The SMILES string of the molecule is COc1cccc(CCOc2nc(N3CCOCC3)c3cc(Oc4cccc(Cl)c4)ccc3n2)c1OC. The molecule has 1 fully saturated rings. The molecular formula is C28H28ClN3O5. The first-order valence-corrected chi connectivity index (χ1v) is 12.4. The van der Waals surface area contributed by atoms with Crippen LogP contribution in [-0.2, 0) is 11.2 Å². The standard InChI is InChI=1S/C28H28ClN3O5/c1-33-25-8-3-5-19(26(25)34-2)11-14-36-28-30-24-10-9-22(37-21-7-4-6-20(29)17-21)18-23(24)27(31-28)32-12-15-35-16-13-32/h3-10,17-18H,11-16H2,1-2H3. The number of hydrogen-bond donors (Lipinski definition) is 0. The number of morpholine rings is 1. The fourth-order valence-electron chi connectivity index (χ4n) is 4.28. The van der Waals surface area contributed by atoms with Crippen molar-refractivity contribution in [2.24, 2.45) is 0 Å². The molecule has 0 bridgehead atoms. The summed E-state index contributed by atoms with van der Waals surface area (Å²) in [6.07, 6.45) is 0.612. The van der Waals surface area contributed by atoms with Crippen LogP contribution in [0.3, 0.4) is 0 Å². The molecule has 0 unspecified atom stereocenters. The van der Waals surface area contributed by atoms with Gasteiger partial charge in [-0.1, -0.05) is 29.8 Å². The highest BCUT2D eigenvalue weighted by molar-refractivity contribution is 6.30. The van der Waals surface area contributed by atoms with Crippen LogP contribution >= 0.6 is 11.6 Å². The smallest absolute Gasteiger partial charge is 0.318 e. The molecule has 8 nitrogen and oxygen atoms in total. The number of fused-ring (bicyclic) bond motifs is 1. The number of hydrogen-bond acceptors (Lipinski definition) is 8. The van der Waals surface area contributed by atoms with E-state index in [-0.39, 0.29) is 0 Å². The highest BCUT2D eigenvalue weighted by atomic mass is 35.5.